The Morgan fingerprint density at radius 2 is 1.81 bits per heavy atom. The number of carbonyl (C=O) groups is 1. The van der Waals surface area contributed by atoms with Gasteiger partial charge in [0, 0.05) is 0 Å². The van der Waals surface area contributed by atoms with Gasteiger partial charge in [-0.05, 0) is 54.1 Å². The maximum Gasteiger partial charge on any atom is 0.335 e. The molecular formula is C24H14ClN3O3. The largest absolute Gasteiger partial charge is 0.478 e. The van der Waals surface area contributed by atoms with Crippen LogP contribution in [0, 0.1) is 11.3 Å². The second-order valence-corrected chi connectivity index (χ2v) is 7.07. The van der Waals surface area contributed by atoms with E-state index < -0.39 is 5.97 Å². The Hall–Kier alpha value is -4.21. The van der Waals surface area contributed by atoms with Gasteiger partial charge in [-0.25, -0.2) is 9.78 Å². The molecule has 0 amide bonds. The SMILES string of the molecule is N#Cc1ccc(/C=C/c2nc3ccccc3c(=O)n2-c2cc(C(=O)O)ccc2Cl)cc1. The topological polar surface area (TPSA) is 96.0 Å². The Kier molecular flexibility index (Phi) is 5.35. The Bertz CT molecular complexity index is 1450. The van der Waals surface area contributed by atoms with Crippen LogP contribution in [0.4, 0.5) is 0 Å². The third-order valence-electron chi connectivity index (χ3n) is 4.70. The number of rotatable bonds is 4. The molecule has 0 bridgehead atoms. The molecule has 0 aliphatic carbocycles. The minimum atomic E-state index is -1.13. The van der Waals surface area contributed by atoms with Crippen LogP contribution in [-0.4, -0.2) is 20.6 Å². The fourth-order valence-corrected chi connectivity index (χ4v) is 3.35. The standard InChI is InChI=1S/C24H14ClN3O3/c25-19-11-10-17(24(30)31)13-21(19)28-22(12-9-15-5-7-16(14-26)8-6-15)27-20-4-2-1-3-18(20)23(28)29/h1-13H,(H,30,31)/b12-9+. The number of hydrogen-bond donors (Lipinski definition) is 1. The average Bonchev–Trinajstić information content (AvgIpc) is 2.79. The van der Waals surface area contributed by atoms with Gasteiger partial charge in [-0.3, -0.25) is 9.36 Å². The molecule has 3 aromatic carbocycles. The zero-order valence-corrected chi connectivity index (χ0v) is 16.7. The first-order valence-electron chi connectivity index (χ1n) is 9.21. The molecule has 0 aliphatic rings. The third kappa shape index (κ3) is 3.95. The number of carboxylic acids is 1. The van der Waals surface area contributed by atoms with Crippen LogP contribution in [0.2, 0.25) is 5.02 Å². The Balaban J connectivity index is 1.95. The lowest BCUT2D eigenvalue weighted by Gasteiger charge is -2.13. The number of nitriles is 1. The highest BCUT2D eigenvalue weighted by Crippen LogP contribution is 2.24. The van der Waals surface area contributed by atoms with Crippen LogP contribution >= 0.6 is 11.6 Å². The fraction of sp³-hybridized carbons (Fsp3) is 0. The summed E-state index contributed by atoms with van der Waals surface area (Å²) in [6.07, 6.45) is 3.40. The van der Waals surface area contributed by atoms with Gasteiger partial charge < -0.3 is 5.11 Å². The van der Waals surface area contributed by atoms with E-state index in [-0.39, 0.29) is 27.7 Å². The molecule has 0 fully saturated rings. The number of benzene rings is 3. The number of nitrogens with zero attached hydrogens (tertiary/aromatic N) is 3. The molecule has 0 saturated heterocycles. The van der Waals surface area contributed by atoms with Crippen molar-refractivity contribution in [2.45, 2.75) is 0 Å². The molecule has 150 valence electrons. The van der Waals surface area contributed by atoms with Crippen molar-refractivity contribution >= 4 is 40.6 Å². The number of para-hydroxylation sites is 1. The maximum absolute atomic E-state index is 13.3. The number of aromatic carboxylic acids is 1. The Morgan fingerprint density at radius 1 is 1.06 bits per heavy atom. The summed E-state index contributed by atoms with van der Waals surface area (Å²) in [7, 11) is 0. The summed E-state index contributed by atoms with van der Waals surface area (Å²) in [4.78, 5) is 29.4. The van der Waals surface area contributed by atoms with Gasteiger partial charge in [0.05, 0.1) is 38.8 Å². The van der Waals surface area contributed by atoms with Crippen molar-refractivity contribution in [2.24, 2.45) is 0 Å². The van der Waals surface area contributed by atoms with Crippen molar-refractivity contribution < 1.29 is 9.90 Å². The van der Waals surface area contributed by atoms with E-state index in [0.29, 0.717) is 16.5 Å². The highest BCUT2D eigenvalue weighted by Gasteiger charge is 2.15. The molecule has 1 heterocycles. The van der Waals surface area contributed by atoms with E-state index in [4.69, 9.17) is 16.9 Å². The summed E-state index contributed by atoms with van der Waals surface area (Å²) in [5.74, 6) is -0.841. The minimum absolute atomic E-state index is 0.00137. The van der Waals surface area contributed by atoms with E-state index in [1.165, 1.54) is 22.8 Å². The molecule has 1 N–H and O–H groups in total. The fourth-order valence-electron chi connectivity index (χ4n) is 3.15. The lowest BCUT2D eigenvalue weighted by molar-refractivity contribution is 0.0697. The summed E-state index contributed by atoms with van der Waals surface area (Å²) in [6, 6.07) is 20.1. The zero-order valence-electron chi connectivity index (χ0n) is 16.0. The molecule has 0 saturated carbocycles. The van der Waals surface area contributed by atoms with Gasteiger partial charge in [0.25, 0.3) is 5.56 Å². The quantitative estimate of drug-likeness (QED) is 0.505. The van der Waals surface area contributed by atoms with E-state index in [1.54, 1.807) is 60.7 Å². The molecule has 6 nitrogen and oxygen atoms in total. The van der Waals surface area contributed by atoms with E-state index in [9.17, 15) is 14.7 Å². The predicted octanol–water partition coefficient (Wildman–Crippen LogP) is 4.78. The van der Waals surface area contributed by atoms with Gasteiger partial charge in [-0.1, -0.05) is 41.9 Å². The molecule has 0 unspecified atom stereocenters. The highest BCUT2D eigenvalue weighted by molar-refractivity contribution is 6.32. The normalized spacial score (nSPS) is 11.0. The van der Waals surface area contributed by atoms with E-state index in [2.05, 4.69) is 11.1 Å². The monoisotopic (exact) mass is 427 g/mol. The molecule has 7 heteroatoms. The lowest BCUT2D eigenvalue weighted by atomic mass is 10.1. The van der Waals surface area contributed by atoms with Crippen molar-refractivity contribution in [3.63, 3.8) is 0 Å². The first-order valence-corrected chi connectivity index (χ1v) is 9.59. The third-order valence-corrected chi connectivity index (χ3v) is 5.02. The molecule has 4 rings (SSSR count). The number of halogens is 1. The van der Waals surface area contributed by atoms with Gasteiger partial charge in [0.15, 0.2) is 0 Å². The van der Waals surface area contributed by atoms with Crippen LogP contribution < -0.4 is 5.56 Å². The maximum atomic E-state index is 13.3. The smallest absolute Gasteiger partial charge is 0.335 e. The second-order valence-electron chi connectivity index (χ2n) is 6.67. The van der Waals surface area contributed by atoms with Crippen molar-refractivity contribution in [3.05, 3.63) is 105 Å². The average molecular weight is 428 g/mol. The molecule has 0 atom stereocenters. The minimum Gasteiger partial charge on any atom is -0.478 e. The summed E-state index contributed by atoms with van der Waals surface area (Å²) in [5.41, 5.74) is 1.71. The first-order chi connectivity index (χ1) is 15.0. The van der Waals surface area contributed by atoms with E-state index >= 15 is 0 Å². The van der Waals surface area contributed by atoms with Gasteiger partial charge in [-0.2, -0.15) is 5.26 Å². The van der Waals surface area contributed by atoms with E-state index in [1.807, 2.05) is 0 Å². The van der Waals surface area contributed by atoms with Gasteiger partial charge in [0.2, 0.25) is 0 Å². The van der Waals surface area contributed by atoms with E-state index in [0.717, 1.165) is 5.56 Å². The van der Waals surface area contributed by atoms with Gasteiger partial charge in [-0.15, -0.1) is 0 Å². The van der Waals surface area contributed by atoms with Gasteiger partial charge >= 0.3 is 5.97 Å². The van der Waals surface area contributed by atoms with Crippen molar-refractivity contribution in [3.8, 4) is 11.8 Å². The predicted molar refractivity (Wildman–Crippen MR) is 119 cm³/mol. The number of aromatic nitrogens is 2. The zero-order chi connectivity index (χ0) is 22.0. The Morgan fingerprint density at radius 3 is 2.52 bits per heavy atom. The summed E-state index contributed by atoms with van der Waals surface area (Å²) >= 11 is 6.35. The number of fused-ring (bicyclic) bond motifs is 1. The number of carboxylic acid groups (broad SMARTS) is 1. The molecule has 0 spiro atoms. The van der Waals surface area contributed by atoms with Gasteiger partial charge in [0.1, 0.15) is 5.82 Å². The summed E-state index contributed by atoms with van der Waals surface area (Å²) in [5, 5.41) is 18.9. The number of hydrogen-bond acceptors (Lipinski definition) is 4. The van der Waals surface area contributed by atoms with Crippen molar-refractivity contribution in [2.75, 3.05) is 0 Å². The van der Waals surface area contributed by atoms with Crippen LogP contribution in [0.1, 0.15) is 27.3 Å². The van der Waals surface area contributed by atoms with Crippen molar-refractivity contribution in [1.29, 1.82) is 5.26 Å². The molecule has 4 aromatic rings. The second kappa shape index (κ2) is 8.27. The summed E-state index contributed by atoms with van der Waals surface area (Å²) < 4.78 is 1.30. The van der Waals surface area contributed by atoms with Crippen molar-refractivity contribution in [1.82, 2.24) is 9.55 Å². The molecule has 1 aromatic heterocycles. The van der Waals surface area contributed by atoms with Crippen LogP contribution in [0.3, 0.4) is 0 Å². The van der Waals surface area contributed by atoms with Crippen LogP contribution in [0.5, 0.6) is 0 Å². The Labute approximate surface area is 181 Å². The molecule has 0 radical (unpaired) electrons. The summed E-state index contributed by atoms with van der Waals surface area (Å²) in [6.45, 7) is 0. The first kappa shape index (κ1) is 20.1. The van der Waals surface area contributed by atoms with Crippen LogP contribution in [-0.2, 0) is 0 Å². The molecule has 0 aliphatic heterocycles. The highest BCUT2D eigenvalue weighted by atomic mass is 35.5. The molecular weight excluding hydrogens is 414 g/mol. The van der Waals surface area contributed by atoms with Crippen LogP contribution in [0.25, 0.3) is 28.7 Å². The molecule has 31 heavy (non-hydrogen) atoms. The lowest BCUT2D eigenvalue weighted by Crippen LogP contribution is -2.23. The van der Waals surface area contributed by atoms with Crippen LogP contribution in [0.15, 0.2) is 71.5 Å².